The molecule has 1 fully saturated rings. The van der Waals surface area contributed by atoms with E-state index in [1.807, 2.05) is 41.5 Å². The van der Waals surface area contributed by atoms with Gasteiger partial charge in [-0.05, 0) is 53.9 Å². The Morgan fingerprint density at radius 1 is 1.27 bits per heavy atom. The third-order valence-electron chi connectivity index (χ3n) is 5.53. The summed E-state index contributed by atoms with van der Waals surface area (Å²) in [4.78, 5) is 11.8. The molecule has 0 bridgehead atoms. The number of piperidine rings is 1. The summed E-state index contributed by atoms with van der Waals surface area (Å²) in [6.07, 6.45) is 7.79. The molecular formula is C21H23BrN8. The zero-order valence-electron chi connectivity index (χ0n) is 16.7. The van der Waals surface area contributed by atoms with Crippen LogP contribution >= 0.6 is 15.9 Å². The summed E-state index contributed by atoms with van der Waals surface area (Å²) >= 11 is 3.66. The van der Waals surface area contributed by atoms with Gasteiger partial charge in [-0.1, -0.05) is 0 Å². The van der Waals surface area contributed by atoms with Gasteiger partial charge in [-0.2, -0.15) is 10.2 Å². The predicted molar refractivity (Wildman–Crippen MR) is 121 cm³/mol. The topological polar surface area (TPSA) is 102 Å². The molecule has 9 heteroatoms. The molecule has 1 atom stereocenters. The number of rotatable bonds is 4. The smallest absolute Gasteiger partial charge is 0.143 e. The van der Waals surface area contributed by atoms with Crippen LogP contribution in [0, 0.1) is 0 Å². The van der Waals surface area contributed by atoms with Crippen LogP contribution in [0.4, 0.5) is 5.82 Å². The number of aromatic amines is 1. The van der Waals surface area contributed by atoms with Gasteiger partial charge in [0.15, 0.2) is 0 Å². The Labute approximate surface area is 182 Å². The number of pyridine rings is 2. The number of hydrogen-bond donors (Lipinski definition) is 2. The van der Waals surface area contributed by atoms with Gasteiger partial charge in [-0.3, -0.25) is 14.8 Å². The molecule has 8 nitrogen and oxygen atoms in total. The van der Waals surface area contributed by atoms with Crippen molar-refractivity contribution in [1.29, 1.82) is 0 Å². The number of nitrogens with one attached hydrogen (secondary N) is 1. The minimum Gasteiger partial charge on any atom is -0.354 e. The maximum absolute atomic E-state index is 6.19. The standard InChI is InChI=1S/C21H23BrN8/c1-2-30-11-13(9-25-30)18-8-15-19(10-24-18)27-28-20(15)17-6-5-16(22)21(26-17)29-7-3-4-14(23)12-29/h5-6,8-11,14H,2-4,7,12,23H2,1H3,(H,27,28). The average molecular weight is 467 g/mol. The Morgan fingerprint density at radius 2 is 2.17 bits per heavy atom. The molecule has 1 saturated heterocycles. The van der Waals surface area contributed by atoms with Crippen LogP contribution < -0.4 is 10.6 Å². The summed E-state index contributed by atoms with van der Waals surface area (Å²) in [7, 11) is 0. The molecule has 5 rings (SSSR count). The summed E-state index contributed by atoms with van der Waals surface area (Å²) in [5, 5.41) is 13.0. The van der Waals surface area contributed by atoms with Crippen LogP contribution in [-0.2, 0) is 6.54 Å². The van der Waals surface area contributed by atoms with Crippen molar-refractivity contribution in [2.75, 3.05) is 18.0 Å². The Morgan fingerprint density at radius 3 is 2.97 bits per heavy atom. The number of halogens is 1. The van der Waals surface area contributed by atoms with E-state index in [0.717, 1.165) is 76.3 Å². The van der Waals surface area contributed by atoms with Gasteiger partial charge in [-0.15, -0.1) is 0 Å². The molecule has 5 heterocycles. The zero-order valence-corrected chi connectivity index (χ0v) is 18.3. The Hall–Kier alpha value is -2.78. The Bertz CT molecular complexity index is 1200. The number of fused-ring (bicyclic) bond motifs is 1. The van der Waals surface area contributed by atoms with E-state index in [0.29, 0.717) is 0 Å². The number of hydrogen-bond acceptors (Lipinski definition) is 6. The molecule has 0 spiro atoms. The van der Waals surface area contributed by atoms with E-state index in [2.05, 4.69) is 48.0 Å². The molecule has 0 aromatic carbocycles. The van der Waals surface area contributed by atoms with Crippen molar-refractivity contribution in [3.8, 4) is 22.6 Å². The van der Waals surface area contributed by atoms with Crippen LogP contribution in [-0.4, -0.2) is 49.1 Å². The van der Waals surface area contributed by atoms with Crippen molar-refractivity contribution in [1.82, 2.24) is 29.9 Å². The quantitative estimate of drug-likeness (QED) is 0.476. The molecule has 154 valence electrons. The van der Waals surface area contributed by atoms with Crippen molar-refractivity contribution in [2.24, 2.45) is 5.73 Å². The largest absolute Gasteiger partial charge is 0.354 e. The van der Waals surface area contributed by atoms with Crippen molar-refractivity contribution in [2.45, 2.75) is 32.4 Å². The molecule has 0 aliphatic carbocycles. The predicted octanol–water partition coefficient (Wildman–Crippen LogP) is 3.59. The molecule has 4 aromatic rings. The Balaban J connectivity index is 1.56. The minimum absolute atomic E-state index is 0.181. The van der Waals surface area contributed by atoms with Crippen molar-refractivity contribution in [3.05, 3.63) is 41.3 Å². The van der Waals surface area contributed by atoms with E-state index >= 15 is 0 Å². The monoisotopic (exact) mass is 466 g/mol. The molecular weight excluding hydrogens is 444 g/mol. The highest BCUT2D eigenvalue weighted by Gasteiger charge is 2.21. The van der Waals surface area contributed by atoms with E-state index in [1.54, 1.807) is 0 Å². The first-order chi connectivity index (χ1) is 14.6. The summed E-state index contributed by atoms with van der Waals surface area (Å²) in [6, 6.07) is 6.25. The van der Waals surface area contributed by atoms with Crippen molar-refractivity contribution < 1.29 is 0 Å². The molecule has 30 heavy (non-hydrogen) atoms. The van der Waals surface area contributed by atoms with Crippen molar-refractivity contribution in [3.63, 3.8) is 0 Å². The van der Waals surface area contributed by atoms with Gasteiger partial charge in [0.2, 0.25) is 0 Å². The van der Waals surface area contributed by atoms with Gasteiger partial charge >= 0.3 is 0 Å². The van der Waals surface area contributed by atoms with Crippen LogP contribution in [0.25, 0.3) is 33.5 Å². The number of aryl methyl sites for hydroxylation is 1. The summed E-state index contributed by atoms with van der Waals surface area (Å²) < 4.78 is 2.86. The number of nitrogens with two attached hydrogens (primary N) is 1. The first-order valence-electron chi connectivity index (χ1n) is 10.2. The molecule has 0 saturated carbocycles. The van der Waals surface area contributed by atoms with Gasteiger partial charge in [0, 0.05) is 42.8 Å². The molecule has 4 aromatic heterocycles. The van der Waals surface area contributed by atoms with Gasteiger partial charge in [0.25, 0.3) is 0 Å². The molecule has 1 aliphatic rings. The first kappa shape index (κ1) is 19.2. The fourth-order valence-electron chi connectivity index (χ4n) is 3.93. The maximum atomic E-state index is 6.19. The fourth-order valence-corrected chi connectivity index (χ4v) is 4.40. The van der Waals surface area contributed by atoms with Gasteiger partial charge < -0.3 is 10.6 Å². The molecule has 3 N–H and O–H groups in total. The van der Waals surface area contributed by atoms with E-state index in [-0.39, 0.29) is 6.04 Å². The van der Waals surface area contributed by atoms with E-state index in [9.17, 15) is 0 Å². The fraction of sp³-hybridized carbons (Fsp3) is 0.333. The first-order valence-corrected chi connectivity index (χ1v) is 11.0. The normalized spacial score (nSPS) is 17.0. The van der Waals surface area contributed by atoms with Gasteiger partial charge in [0.1, 0.15) is 11.5 Å². The van der Waals surface area contributed by atoms with Crippen LogP contribution in [0.3, 0.4) is 0 Å². The van der Waals surface area contributed by atoms with E-state index in [4.69, 9.17) is 10.7 Å². The molecule has 0 radical (unpaired) electrons. The van der Waals surface area contributed by atoms with Crippen LogP contribution in [0.15, 0.2) is 41.3 Å². The minimum atomic E-state index is 0.181. The Kier molecular flexibility index (Phi) is 5.00. The summed E-state index contributed by atoms with van der Waals surface area (Å²) in [5.41, 5.74) is 10.5. The van der Waals surface area contributed by atoms with Gasteiger partial charge in [-0.25, -0.2) is 4.98 Å². The summed E-state index contributed by atoms with van der Waals surface area (Å²) in [6.45, 7) is 4.66. The summed E-state index contributed by atoms with van der Waals surface area (Å²) in [5.74, 6) is 0.914. The lowest BCUT2D eigenvalue weighted by Gasteiger charge is -2.32. The van der Waals surface area contributed by atoms with Crippen LogP contribution in [0.1, 0.15) is 19.8 Å². The maximum Gasteiger partial charge on any atom is 0.143 e. The second-order valence-electron chi connectivity index (χ2n) is 7.62. The van der Waals surface area contributed by atoms with Crippen LogP contribution in [0.5, 0.6) is 0 Å². The average Bonchev–Trinajstić information content (AvgIpc) is 3.41. The number of H-pyrrole nitrogens is 1. The van der Waals surface area contributed by atoms with Gasteiger partial charge in [0.05, 0.1) is 33.8 Å². The van der Waals surface area contributed by atoms with Crippen molar-refractivity contribution >= 4 is 32.7 Å². The SMILES string of the molecule is CCn1cc(-c2cc3c(-c4ccc(Br)c(N5CCCC(N)C5)n4)n[nH]c3cn2)cn1. The highest BCUT2D eigenvalue weighted by molar-refractivity contribution is 9.10. The second-order valence-corrected chi connectivity index (χ2v) is 8.48. The zero-order chi connectivity index (χ0) is 20.7. The lowest BCUT2D eigenvalue weighted by Crippen LogP contribution is -2.43. The number of nitrogens with zero attached hydrogens (tertiary/aromatic N) is 6. The molecule has 0 amide bonds. The number of anilines is 1. The highest BCUT2D eigenvalue weighted by atomic mass is 79.9. The van der Waals surface area contributed by atoms with E-state index < -0.39 is 0 Å². The third-order valence-corrected chi connectivity index (χ3v) is 6.15. The molecule has 1 aliphatic heterocycles. The molecule has 1 unspecified atom stereocenters. The third kappa shape index (κ3) is 3.48. The second kappa shape index (κ2) is 7.81. The highest BCUT2D eigenvalue weighted by Crippen LogP contribution is 2.33. The lowest BCUT2D eigenvalue weighted by atomic mass is 10.1. The van der Waals surface area contributed by atoms with E-state index in [1.165, 1.54) is 0 Å². The van der Waals surface area contributed by atoms with Crippen LogP contribution in [0.2, 0.25) is 0 Å². The lowest BCUT2D eigenvalue weighted by molar-refractivity contribution is 0.503. The number of aromatic nitrogens is 6.